The predicted octanol–water partition coefficient (Wildman–Crippen LogP) is -0.406. The second-order valence-electron chi connectivity index (χ2n) is 4.35. The van der Waals surface area contributed by atoms with Gasteiger partial charge in [0.2, 0.25) is 0 Å². The molecule has 0 spiro atoms. The van der Waals surface area contributed by atoms with Gasteiger partial charge >= 0.3 is 0 Å². The van der Waals surface area contributed by atoms with Crippen molar-refractivity contribution >= 4 is 0 Å². The van der Waals surface area contributed by atoms with Crippen LogP contribution in [-0.4, -0.2) is 73.9 Å². The summed E-state index contributed by atoms with van der Waals surface area (Å²) >= 11 is 0. The minimum atomic E-state index is -0.229. The number of hydrogen-bond acceptors (Lipinski definition) is 4. The lowest BCUT2D eigenvalue weighted by Gasteiger charge is -2.35. The molecule has 1 aliphatic rings. The van der Waals surface area contributed by atoms with Crippen LogP contribution in [0.5, 0.6) is 0 Å². The highest BCUT2D eigenvalue weighted by Gasteiger charge is 2.17. The lowest BCUT2D eigenvalue weighted by molar-refractivity contribution is 0.0735. The summed E-state index contributed by atoms with van der Waals surface area (Å²) in [7, 11) is 1.88. The Morgan fingerprint density at radius 3 is 2.33 bits per heavy atom. The molecule has 0 bridgehead atoms. The standard InChI is InChI=1S/C11H25N3O/c1-3-4-13-5-7-14(8-6-13)10-11(15)9-12-2/h11-12,15H,3-10H2,1-2H3. The molecular formula is C11H25N3O. The summed E-state index contributed by atoms with van der Waals surface area (Å²) in [5, 5.41) is 12.7. The van der Waals surface area contributed by atoms with E-state index in [1.807, 2.05) is 7.05 Å². The molecule has 1 rings (SSSR count). The Balaban J connectivity index is 2.14. The van der Waals surface area contributed by atoms with Crippen LogP contribution in [0.2, 0.25) is 0 Å². The van der Waals surface area contributed by atoms with Gasteiger partial charge in [-0.3, -0.25) is 4.90 Å². The molecule has 1 atom stereocenters. The first-order valence-electron chi connectivity index (χ1n) is 6.03. The molecule has 0 aromatic rings. The Kier molecular flexibility index (Phi) is 6.17. The summed E-state index contributed by atoms with van der Waals surface area (Å²) in [5.74, 6) is 0. The number of nitrogens with one attached hydrogen (secondary N) is 1. The number of nitrogens with zero attached hydrogens (tertiary/aromatic N) is 2. The summed E-state index contributed by atoms with van der Waals surface area (Å²) in [6, 6.07) is 0. The first-order chi connectivity index (χ1) is 7.26. The van der Waals surface area contributed by atoms with Gasteiger partial charge in [-0.1, -0.05) is 6.92 Å². The number of β-amino-alcohol motifs (C(OH)–C–C–N with tert-alkyl or cyclic N) is 1. The molecule has 0 aliphatic carbocycles. The van der Waals surface area contributed by atoms with Crippen LogP contribution in [0.3, 0.4) is 0 Å². The van der Waals surface area contributed by atoms with Gasteiger partial charge in [-0.2, -0.15) is 0 Å². The lowest BCUT2D eigenvalue weighted by atomic mass is 10.2. The van der Waals surface area contributed by atoms with Crippen LogP contribution in [-0.2, 0) is 0 Å². The number of aliphatic hydroxyl groups is 1. The normalized spacial score (nSPS) is 21.8. The third kappa shape index (κ3) is 4.93. The smallest absolute Gasteiger partial charge is 0.0791 e. The molecule has 0 radical (unpaired) electrons. The van der Waals surface area contributed by atoms with E-state index in [0.717, 1.165) is 32.7 Å². The highest BCUT2D eigenvalue weighted by Crippen LogP contribution is 2.03. The molecule has 2 N–H and O–H groups in total. The molecule has 1 fully saturated rings. The SMILES string of the molecule is CCCN1CCN(CC(O)CNC)CC1. The number of likely N-dealkylation sites (N-methyl/N-ethyl adjacent to an activating group) is 1. The molecule has 1 saturated heterocycles. The summed E-state index contributed by atoms with van der Waals surface area (Å²) in [6.07, 6.45) is 1.01. The van der Waals surface area contributed by atoms with Crippen LogP contribution in [0.25, 0.3) is 0 Å². The number of rotatable bonds is 6. The van der Waals surface area contributed by atoms with E-state index in [1.165, 1.54) is 13.0 Å². The van der Waals surface area contributed by atoms with Crippen molar-refractivity contribution in [1.82, 2.24) is 15.1 Å². The molecule has 0 amide bonds. The van der Waals surface area contributed by atoms with E-state index >= 15 is 0 Å². The van der Waals surface area contributed by atoms with Gasteiger partial charge in [0, 0.05) is 39.3 Å². The van der Waals surface area contributed by atoms with Crippen molar-refractivity contribution < 1.29 is 5.11 Å². The van der Waals surface area contributed by atoms with Gasteiger partial charge in [0.25, 0.3) is 0 Å². The summed E-state index contributed by atoms with van der Waals surface area (Å²) < 4.78 is 0. The summed E-state index contributed by atoms with van der Waals surface area (Å²) in [6.45, 7) is 9.44. The second-order valence-corrected chi connectivity index (χ2v) is 4.35. The Bertz CT molecular complexity index is 158. The van der Waals surface area contributed by atoms with Crippen molar-refractivity contribution in [2.24, 2.45) is 0 Å². The molecule has 15 heavy (non-hydrogen) atoms. The van der Waals surface area contributed by atoms with Crippen molar-refractivity contribution in [2.45, 2.75) is 19.4 Å². The zero-order valence-corrected chi connectivity index (χ0v) is 10.1. The van der Waals surface area contributed by atoms with Gasteiger partial charge < -0.3 is 15.3 Å². The Morgan fingerprint density at radius 2 is 1.80 bits per heavy atom. The Labute approximate surface area is 93.2 Å². The quantitative estimate of drug-likeness (QED) is 0.632. The van der Waals surface area contributed by atoms with E-state index < -0.39 is 0 Å². The van der Waals surface area contributed by atoms with Crippen LogP contribution in [0, 0.1) is 0 Å². The van der Waals surface area contributed by atoms with Gasteiger partial charge in [-0.15, -0.1) is 0 Å². The third-order valence-corrected chi connectivity index (χ3v) is 2.91. The van der Waals surface area contributed by atoms with Crippen molar-refractivity contribution in [3.05, 3.63) is 0 Å². The van der Waals surface area contributed by atoms with Crippen molar-refractivity contribution in [3.63, 3.8) is 0 Å². The largest absolute Gasteiger partial charge is 0.390 e. The molecule has 4 heteroatoms. The van der Waals surface area contributed by atoms with E-state index in [9.17, 15) is 5.11 Å². The van der Waals surface area contributed by atoms with Crippen LogP contribution in [0.15, 0.2) is 0 Å². The van der Waals surface area contributed by atoms with Crippen LogP contribution < -0.4 is 5.32 Å². The molecule has 4 nitrogen and oxygen atoms in total. The van der Waals surface area contributed by atoms with E-state index in [1.54, 1.807) is 0 Å². The first kappa shape index (κ1) is 12.9. The van der Waals surface area contributed by atoms with Gasteiger partial charge in [0.05, 0.1) is 6.10 Å². The van der Waals surface area contributed by atoms with Crippen molar-refractivity contribution in [1.29, 1.82) is 0 Å². The summed E-state index contributed by atoms with van der Waals surface area (Å²) in [5.41, 5.74) is 0. The molecule has 1 heterocycles. The van der Waals surface area contributed by atoms with E-state index in [2.05, 4.69) is 22.0 Å². The average Bonchev–Trinajstić information content (AvgIpc) is 2.22. The summed E-state index contributed by atoms with van der Waals surface area (Å²) in [4.78, 5) is 4.86. The molecule has 0 aromatic carbocycles. The maximum absolute atomic E-state index is 9.65. The fourth-order valence-corrected chi connectivity index (χ4v) is 2.11. The van der Waals surface area contributed by atoms with Gasteiger partial charge in [-0.25, -0.2) is 0 Å². The van der Waals surface area contributed by atoms with Crippen molar-refractivity contribution in [3.8, 4) is 0 Å². The van der Waals surface area contributed by atoms with E-state index in [-0.39, 0.29) is 6.10 Å². The molecular weight excluding hydrogens is 190 g/mol. The monoisotopic (exact) mass is 215 g/mol. The topological polar surface area (TPSA) is 38.7 Å². The minimum absolute atomic E-state index is 0.229. The molecule has 1 unspecified atom stereocenters. The fraction of sp³-hybridized carbons (Fsp3) is 1.00. The highest BCUT2D eigenvalue weighted by atomic mass is 16.3. The molecule has 0 aromatic heterocycles. The fourth-order valence-electron chi connectivity index (χ4n) is 2.11. The van der Waals surface area contributed by atoms with Crippen LogP contribution >= 0.6 is 0 Å². The molecule has 1 aliphatic heterocycles. The van der Waals surface area contributed by atoms with Crippen LogP contribution in [0.1, 0.15) is 13.3 Å². The number of hydrogen-bond donors (Lipinski definition) is 2. The van der Waals surface area contributed by atoms with E-state index in [4.69, 9.17) is 0 Å². The first-order valence-corrected chi connectivity index (χ1v) is 6.03. The maximum atomic E-state index is 9.65. The van der Waals surface area contributed by atoms with E-state index in [0.29, 0.717) is 6.54 Å². The number of piperazine rings is 1. The van der Waals surface area contributed by atoms with Gasteiger partial charge in [-0.05, 0) is 20.0 Å². The Hall–Kier alpha value is -0.160. The maximum Gasteiger partial charge on any atom is 0.0791 e. The Morgan fingerprint density at radius 1 is 1.20 bits per heavy atom. The van der Waals surface area contributed by atoms with Crippen LogP contribution in [0.4, 0.5) is 0 Å². The molecule has 0 saturated carbocycles. The third-order valence-electron chi connectivity index (χ3n) is 2.91. The van der Waals surface area contributed by atoms with Crippen molar-refractivity contribution in [2.75, 3.05) is 52.9 Å². The van der Waals surface area contributed by atoms with Gasteiger partial charge in [0.1, 0.15) is 0 Å². The molecule has 90 valence electrons. The average molecular weight is 215 g/mol. The predicted molar refractivity (Wildman–Crippen MR) is 63.1 cm³/mol. The zero-order chi connectivity index (χ0) is 11.1. The number of aliphatic hydroxyl groups excluding tert-OH is 1. The highest BCUT2D eigenvalue weighted by molar-refractivity contribution is 4.74. The van der Waals surface area contributed by atoms with Gasteiger partial charge in [0.15, 0.2) is 0 Å². The minimum Gasteiger partial charge on any atom is -0.390 e. The zero-order valence-electron chi connectivity index (χ0n) is 10.1. The lowest BCUT2D eigenvalue weighted by Crippen LogP contribution is -2.49. The second kappa shape index (κ2) is 7.17.